The molecule has 114 valence electrons. The third kappa shape index (κ3) is 4.37. The fourth-order valence-electron chi connectivity index (χ4n) is 2.77. The van der Waals surface area contributed by atoms with Crippen molar-refractivity contribution in [3.63, 3.8) is 0 Å². The van der Waals surface area contributed by atoms with Crippen LogP contribution >= 0.6 is 23.1 Å². The second-order valence-corrected chi connectivity index (χ2v) is 7.60. The van der Waals surface area contributed by atoms with Gasteiger partial charge in [0.1, 0.15) is 0 Å². The number of anilines is 1. The Balaban J connectivity index is 1.77. The zero-order valence-electron chi connectivity index (χ0n) is 12.9. The van der Waals surface area contributed by atoms with Crippen LogP contribution in [0.15, 0.2) is 6.20 Å². The first-order valence-corrected chi connectivity index (χ1v) is 9.83. The van der Waals surface area contributed by atoms with E-state index in [0.29, 0.717) is 6.04 Å². The maximum atomic E-state index is 4.55. The van der Waals surface area contributed by atoms with E-state index in [1.165, 1.54) is 30.6 Å². The molecular formula is C15H27N3S2. The summed E-state index contributed by atoms with van der Waals surface area (Å²) in [5.41, 5.74) is 0. The Hall–Kier alpha value is -0.260. The molecule has 1 N–H and O–H groups in total. The number of thiazole rings is 1. The molecule has 1 heterocycles. The van der Waals surface area contributed by atoms with Crippen molar-refractivity contribution in [1.82, 2.24) is 10.3 Å². The van der Waals surface area contributed by atoms with Crippen molar-refractivity contribution in [2.45, 2.75) is 57.4 Å². The minimum atomic E-state index is 0.706. The van der Waals surface area contributed by atoms with Crippen LogP contribution in [0.25, 0.3) is 0 Å². The predicted molar refractivity (Wildman–Crippen MR) is 92.1 cm³/mol. The van der Waals surface area contributed by atoms with Gasteiger partial charge in [0.2, 0.25) is 0 Å². The molecule has 1 aromatic rings. The molecule has 5 heteroatoms. The maximum Gasteiger partial charge on any atom is 0.185 e. The van der Waals surface area contributed by atoms with E-state index in [0.717, 1.165) is 30.0 Å². The van der Waals surface area contributed by atoms with Crippen LogP contribution in [-0.4, -0.2) is 35.6 Å². The summed E-state index contributed by atoms with van der Waals surface area (Å²) < 4.78 is 0. The van der Waals surface area contributed by atoms with Crippen molar-refractivity contribution in [1.29, 1.82) is 0 Å². The summed E-state index contributed by atoms with van der Waals surface area (Å²) in [6.45, 7) is 7.43. The number of rotatable bonds is 7. The highest BCUT2D eigenvalue weighted by Crippen LogP contribution is 2.27. The van der Waals surface area contributed by atoms with Gasteiger partial charge in [-0.15, -0.1) is 11.3 Å². The van der Waals surface area contributed by atoms with Gasteiger partial charge in [-0.3, -0.25) is 0 Å². The lowest BCUT2D eigenvalue weighted by molar-refractivity contribution is 0.380. The highest BCUT2D eigenvalue weighted by Gasteiger charge is 2.20. The monoisotopic (exact) mass is 313 g/mol. The van der Waals surface area contributed by atoms with Gasteiger partial charge in [-0.05, 0) is 45.8 Å². The van der Waals surface area contributed by atoms with E-state index >= 15 is 0 Å². The fourth-order valence-corrected chi connectivity index (χ4v) is 4.50. The first-order chi connectivity index (χ1) is 9.76. The molecule has 0 radical (unpaired) electrons. The van der Waals surface area contributed by atoms with Gasteiger partial charge in [0.05, 0.1) is 0 Å². The fraction of sp³-hybridized carbons (Fsp3) is 0.800. The normalized spacial score (nSPS) is 22.9. The van der Waals surface area contributed by atoms with Gasteiger partial charge in [0.25, 0.3) is 0 Å². The van der Waals surface area contributed by atoms with Crippen molar-refractivity contribution >= 4 is 28.2 Å². The summed E-state index contributed by atoms with van der Waals surface area (Å²) in [5, 5.41) is 5.77. The van der Waals surface area contributed by atoms with Gasteiger partial charge in [-0.1, -0.05) is 0 Å². The molecule has 1 fully saturated rings. The lowest BCUT2D eigenvalue weighted by Gasteiger charge is -2.27. The second kappa shape index (κ2) is 8.25. The van der Waals surface area contributed by atoms with Crippen LogP contribution in [0.5, 0.6) is 0 Å². The van der Waals surface area contributed by atoms with E-state index in [9.17, 15) is 0 Å². The summed E-state index contributed by atoms with van der Waals surface area (Å²) in [5.74, 6) is 0. The summed E-state index contributed by atoms with van der Waals surface area (Å²) in [7, 11) is 0. The zero-order chi connectivity index (χ0) is 14.4. The largest absolute Gasteiger partial charge is 0.349 e. The average Bonchev–Trinajstić information content (AvgIpc) is 2.96. The number of aromatic nitrogens is 1. The minimum Gasteiger partial charge on any atom is -0.349 e. The lowest BCUT2D eigenvalue weighted by atomic mass is 9.95. The molecule has 0 atom stereocenters. The van der Waals surface area contributed by atoms with E-state index in [-0.39, 0.29) is 0 Å². The SMILES string of the molecule is CCN(CC)c1ncc(CNC2CCC(SC)CC2)s1. The second-order valence-electron chi connectivity index (χ2n) is 5.37. The Labute approximate surface area is 131 Å². The van der Waals surface area contributed by atoms with Crippen molar-refractivity contribution < 1.29 is 0 Å². The Morgan fingerprint density at radius 3 is 2.60 bits per heavy atom. The van der Waals surface area contributed by atoms with Crippen LogP contribution in [-0.2, 0) is 6.54 Å². The Morgan fingerprint density at radius 2 is 2.00 bits per heavy atom. The van der Waals surface area contributed by atoms with Crippen molar-refractivity contribution in [3.8, 4) is 0 Å². The highest BCUT2D eigenvalue weighted by molar-refractivity contribution is 7.99. The van der Waals surface area contributed by atoms with Gasteiger partial charge in [0.15, 0.2) is 5.13 Å². The van der Waals surface area contributed by atoms with Gasteiger partial charge < -0.3 is 10.2 Å². The third-order valence-electron chi connectivity index (χ3n) is 4.15. The van der Waals surface area contributed by atoms with Gasteiger partial charge in [-0.25, -0.2) is 4.98 Å². The Morgan fingerprint density at radius 1 is 1.30 bits per heavy atom. The van der Waals surface area contributed by atoms with Crippen molar-refractivity contribution in [2.24, 2.45) is 0 Å². The first-order valence-electron chi connectivity index (χ1n) is 7.72. The quantitative estimate of drug-likeness (QED) is 0.830. The molecule has 0 amide bonds. The number of hydrogen-bond acceptors (Lipinski definition) is 5. The summed E-state index contributed by atoms with van der Waals surface area (Å²) in [6, 6.07) is 0.706. The molecule has 1 aliphatic carbocycles. The molecule has 0 unspecified atom stereocenters. The van der Waals surface area contributed by atoms with Crippen LogP contribution in [0, 0.1) is 0 Å². The lowest BCUT2D eigenvalue weighted by Crippen LogP contribution is -2.33. The van der Waals surface area contributed by atoms with Crippen LogP contribution in [0.1, 0.15) is 44.4 Å². The molecule has 1 aliphatic rings. The van der Waals surface area contributed by atoms with E-state index < -0.39 is 0 Å². The molecule has 0 aromatic carbocycles. The molecule has 2 rings (SSSR count). The van der Waals surface area contributed by atoms with Crippen molar-refractivity contribution in [2.75, 3.05) is 24.2 Å². The molecule has 0 aliphatic heterocycles. The first kappa shape index (κ1) is 16.1. The smallest absolute Gasteiger partial charge is 0.185 e. The maximum absolute atomic E-state index is 4.55. The van der Waals surface area contributed by atoms with E-state index in [2.05, 4.69) is 35.3 Å². The number of hydrogen-bond donors (Lipinski definition) is 1. The summed E-state index contributed by atoms with van der Waals surface area (Å²) in [6.07, 6.45) is 9.67. The van der Waals surface area contributed by atoms with Crippen LogP contribution in [0.2, 0.25) is 0 Å². The van der Waals surface area contributed by atoms with Gasteiger partial charge >= 0.3 is 0 Å². The van der Waals surface area contributed by atoms with E-state index in [1.807, 2.05) is 29.3 Å². The molecule has 0 spiro atoms. The van der Waals surface area contributed by atoms with Crippen LogP contribution in [0.3, 0.4) is 0 Å². The molecule has 20 heavy (non-hydrogen) atoms. The van der Waals surface area contributed by atoms with E-state index in [1.54, 1.807) is 0 Å². The molecule has 1 saturated carbocycles. The zero-order valence-corrected chi connectivity index (χ0v) is 14.5. The number of nitrogens with zero attached hydrogens (tertiary/aromatic N) is 2. The highest BCUT2D eigenvalue weighted by atomic mass is 32.2. The van der Waals surface area contributed by atoms with Gasteiger partial charge in [-0.2, -0.15) is 11.8 Å². The minimum absolute atomic E-state index is 0.706. The van der Waals surface area contributed by atoms with Crippen LogP contribution < -0.4 is 10.2 Å². The van der Waals surface area contributed by atoms with E-state index in [4.69, 9.17) is 0 Å². The Kier molecular flexibility index (Phi) is 6.65. The number of thioether (sulfide) groups is 1. The molecule has 0 saturated heterocycles. The molecular weight excluding hydrogens is 286 g/mol. The number of nitrogens with one attached hydrogen (secondary N) is 1. The molecule has 0 bridgehead atoms. The topological polar surface area (TPSA) is 28.2 Å². The van der Waals surface area contributed by atoms with Crippen molar-refractivity contribution in [3.05, 3.63) is 11.1 Å². The Bertz CT molecular complexity index is 382. The van der Waals surface area contributed by atoms with Gasteiger partial charge in [0, 0.05) is 42.0 Å². The van der Waals surface area contributed by atoms with Crippen LogP contribution in [0.4, 0.5) is 5.13 Å². The molecule has 3 nitrogen and oxygen atoms in total. The standard InChI is InChI=1S/C15H27N3S2/c1-4-18(5-2)15-17-11-14(20-15)10-16-12-6-8-13(19-3)9-7-12/h11-13,16H,4-10H2,1-3H3. The molecule has 1 aromatic heterocycles. The predicted octanol–water partition coefficient (Wildman–Crippen LogP) is 3.75. The summed E-state index contributed by atoms with van der Waals surface area (Å²) in [4.78, 5) is 8.23. The average molecular weight is 314 g/mol. The third-order valence-corrected chi connectivity index (χ3v) is 6.34. The summed E-state index contributed by atoms with van der Waals surface area (Å²) >= 11 is 3.86.